The largest absolute Gasteiger partial charge is 0.460 e. The second kappa shape index (κ2) is 7.93. The average molecular weight is 428 g/mol. The van der Waals surface area contributed by atoms with Crippen molar-refractivity contribution in [2.75, 3.05) is 13.6 Å². The maximum atomic E-state index is 13.6. The Hall–Kier alpha value is -2.41. The lowest BCUT2D eigenvalue weighted by atomic mass is 9.57. The number of fused-ring (bicyclic) bond motifs is 1. The molecule has 1 aromatic rings. The molecule has 2 N–H and O–H groups in total. The molecule has 5 rings (SSSR count). The number of hydrogen-bond donors (Lipinski definition) is 2. The van der Waals surface area contributed by atoms with Gasteiger partial charge in [0.25, 0.3) is 0 Å². The lowest BCUT2D eigenvalue weighted by Gasteiger charge is -2.58. The van der Waals surface area contributed by atoms with E-state index in [-0.39, 0.29) is 48.0 Å². The number of nitrogens with one attached hydrogen (secondary N) is 2. The van der Waals surface area contributed by atoms with Gasteiger partial charge in [-0.3, -0.25) is 14.4 Å². The van der Waals surface area contributed by atoms with Gasteiger partial charge in [0.2, 0.25) is 11.8 Å². The van der Waals surface area contributed by atoms with Crippen LogP contribution in [0.25, 0.3) is 0 Å². The molecule has 4 aliphatic rings. The van der Waals surface area contributed by atoms with E-state index >= 15 is 0 Å². The third-order valence-electron chi connectivity index (χ3n) is 7.13. The summed E-state index contributed by atoms with van der Waals surface area (Å²) in [6.45, 7) is 6.68. The first-order valence-electron chi connectivity index (χ1n) is 11.2. The number of benzene rings is 1. The summed E-state index contributed by atoms with van der Waals surface area (Å²) in [5.41, 5.74) is -0.417. The van der Waals surface area contributed by atoms with Crippen LogP contribution >= 0.6 is 0 Å². The Morgan fingerprint density at radius 3 is 2.65 bits per heavy atom. The minimum absolute atomic E-state index is 0.0141. The number of esters is 1. The average Bonchev–Trinajstić information content (AvgIpc) is 3.00. The van der Waals surface area contributed by atoms with Gasteiger partial charge < -0.3 is 20.3 Å². The smallest absolute Gasteiger partial charge is 0.306 e. The van der Waals surface area contributed by atoms with Gasteiger partial charge in [0.1, 0.15) is 11.1 Å². The third-order valence-corrected chi connectivity index (χ3v) is 7.13. The highest BCUT2D eigenvalue weighted by Crippen LogP contribution is 2.54. The molecule has 3 aliphatic heterocycles. The van der Waals surface area contributed by atoms with Gasteiger partial charge >= 0.3 is 5.97 Å². The van der Waals surface area contributed by atoms with E-state index in [1.54, 1.807) is 11.9 Å². The van der Waals surface area contributed by atoms with Gasteiger partial charge in [0.05, 0.1) is 0 Å². The van der Waals surface area contributed by atoms with Crippen LogP contribution in [0.4, 0.5) is 0 Å². The summed E-state index contributed by atoms with van der Waals surface area (Å²) in [7, 11) is 1.76. The Balaban J connectivity index is 1.53. The Labute approximate surface area is 183 Å². The molecule has 0 spiro atoms. The summed E-state index contributed by atoms with van der Waals surface area (Å²) in [6, 6.07) is 9.62. The van der Waals surface area contributed by atoms with Crippen molar-refractivity contribution < 1.29 is 19.1 Å². The number of hydrogen-bond acceptors (Lipinski definition) is 5. The maximum absolute atomic E-state index is 13.6. The Bertz CT molecular complexity index is 865. The molecular weight excluding hydrogens is 394 g/mol. The van der Waals surface area contributed by atoms with Gasteiger partial charge in [-0.25, -0.2) is 0 Å². The summed E-state index contributed by atoms with van der Waals surface area (Å²) in [4.78, 5) is 40.8. The fourth-order valence-electron chi connectivity index (χ4n) is 5.93. The fourth-order valence-corrected chi connectivity index (χ4v) is 5.93. The van der Waals surface area contributed by atoms with Gasteiger partial charge in [-0.05, 0) is 45.1 Å². The molecule has 1 aromatic carbocycles. The fraction of sp³-hybridized carbons (Fsp3) is 0.625. The lowest BCUT2D eigenvalue weighted by molar-refractivity contribution is -0.175. The van der Waals surface area contributed by atoms with Crippen LogP contribution < -0.4 is 10.6 Å². The molecule has 168 valence electrons. The Morgan fingerprint density at radius 2 is 1.97 bits per heavy atom. The van der Waals surface area contributed by atoms with Gasteiger partial charge in [-0.2, -0.15) is 0 Å². The molecule has 0 aromatic heterocycles. The van der Waals surface area contributed by atoms with E-state index in [1.165, 1.54) is 0 Å². The van der Waals surface area contributed by atoms with Crippen molar-refractivity contribution in [3.63, 3.8) is 0 Å². The van der Waals surface area contributed by atoms with E-state index in [1.807, 2.05) is 51.1 Å². The van der Waals surface area contributed by atoms with Crippen LogP contribution in [0.1, 0.15) is 45.6 Å². The van der Waals surface area contributed by atoms with E-state index in [0.717, 1.165) is 5.56 Å². The van der Waals surface area contributed by atoms with Crippen LogP contribution in [-0.2, 0) is 25.7 Å². The molecule has 5 atom stereocenters. The Kier molecular flexibility index (Phi) is 5.58. The number of likely N-dealkylation sites (N-methyl/N-ethyl adjacent to an activating group) is 1. The van der Waals surface area contributed by atoms with Crippen LogP contribution in [0.2, 0.25) is 0 Å². The molecule has 31 heavy (non-hydrogen) atoms. The molecule has 7 nitrogen and oxygen atoms in total. The predicted octanol–water partition coefficient (Wildman–Crippen LogP) is 1.86. The quantitative estimate of drug-likeness (QED) is 0.677. The molecule has 1 saturated carbocycles. The zero-order valence-corrected chi connectivity index (χ0v) is 18.8. The highest BCUT2D eigenvalue weighted by atomic mass is 16.6. The van der Waals surface area contributed by atoms with Crippen molar-refractivity contribution in [3.05, 3.63) is 35.9 Å². The normalized spacial score (nSPS) is 31.6. The highest BCUT2D eigenvalue weighted by Gasteiger charge is 2.70. The van der Waals surface area contributed by atoms with Crippen molar-refractivity contribution >= 4 is 17.8 Å². The van der Waals surface area contributed by atoms with Crippen molar-refractivity contribution in [2.45, 2.75) is 63.8 Å². The molecule has 3 saturated heterocycles. The lowest BCUT2D eigenvalue weighted by Crippen LogP contribution is -2.77. The maximum Gasteiger partial charge on any atom is 0.306 e. The molecule has 1 unspecified atom stereocenters. The van der Waals surface area contributed by atoms with Gasteiger partial charge in [0.15, 0.2) is 0 Å². The van der Waals surface area contributed by atoms with Gasteiger partial charge in [-0.15, -0.1) is 0 Å². The second-order valence-electron chi connectivity index (χ2n) is 10.1. The first kappa shape index (κ1) is 21.8. The molecule has 7 heteroatoms. The first-order chi connectivity index (χ1) is 14.6. The zero-order valence-electron chi connectivity index (χ0n) is 18.8. The molecule has 4 fully saturated rings. The van der Waals surface area contributed by atoms with Crippen molar-refractivity contribution in [1.82, 2.24) is 15.5 Å². The summed E-state index contributed by atoms with van der Waals surface area (Å²) in [6.07, 6.45) is 1.47. The van der Waals surface area contributed by atoms with Crippen LogP contribution in [0.5, 0.6) is 0 Å². The van der Waals surface area contributed by atoms with Crippen LogP contribution in [0.15, 0.2) is 30.3 Å². The number of carbonyl (C=O) groups excluding carboxylic acids is 3. The SMILES string of the molecule is CN1C(=O)[C@@H]2CC3CN[C@@H]([C@@H]2CCC(=O)OC(C)(C)C)[C@]31C(=O)NCc1ccccc1. The van der Waals surface area contributed by atoms with E-state index in [4.69, 9.17) is 4.74 Å². The van der Waals surface area contributed by atoms with Crippen molar-refractivity contribution in [1.29, 1.82) is 0 Å². The number of ether oxygens (including phenoxy) is 1. The molecule has 0 radical (unpaired) electrons. The minimum atomic E-state index is -0.904. The van der Waals surface area contributed by atoms with Crippen LogP contribution in [0, 0.1) is 17.8 Å². The molecule has 3 heterocycles. The minimum Gasteiger partial charge on any atom is -0.460 e. The second-order valence-corrected chi connectivity index (χ2v) is 10.1. The summed E-state index contributed by atoms with van der Waals surface area (Å²) in [5.74, 6) is -0.475. The topological polar surface area (TPSA) is 87.7 Å². The summed E-state index contributed by atoms with van der Waals surface area (Å²) >= 11 is 0. The van der Waals surface area contributed by atoms with Crippen molar-refractivity contribution in [3.8, 4) is 0 Å². The standard InChI is InChI=1S/C24H33N3O4/c1-23(2,3)31-19(28)11-10-17-18-12-16-14-25-20(17)24(16,27(4)21(18)29)22(30)26-13-15-8-6-5-7-9-15/h5-9,16-18,20,25H,10-14H2,1-4H3,(H,26,30)/t16?,17-,18-,20+,24+/m1/s1. The monoisotopic (exact) mass is 427 g/mol. The number of carbonyl (C=O) groups is 3. The number of piperidine rings is 2. The predicted molar refractivity (Wildman–Crippen MR) is 116 cm³/mol. The van der Waals surface area contributed by atoms with E-state index in [9.17, 15) is 14.4 Å². The molecular formula is C24H33N3O4. The number of amides is 2. The molecule has 4 bridgehead atoms. The molecule has 1 aliphatic carbocycles. The number of nitrogens with zero attached hydrogens (tertiary/aromatic N) is 1. The van der Waals surface area contributed by atoms with E-state index < -0.39 is 11.1 Å². The van der Waals surface area contributed by atoms with E-state index in [0.29, 0.717) is 25.9 Å². The summed E-state index contributed by atoms with van der Waals surface area (Å²) in [5, 5.41) is 6.63. The van der Waals surface area contributed by atoms with Gasteiger partial charge in [0, 0.05) is 44.4 Å². The van der Waals surface area contributed by atoms with Crippen LogP contribution in [-0.4, -0.2) is 53.5 Å². The summed E-state index contributed by atoms with van der Waals surface area (Å²) < 4.78 is 5.46. The van der Waals surface area contributed by atoms with Crippen molar-refractivity contribution in [2.24, 2.45) is 17.8 Å². The molecule has 2 amide bonds. The third kappa shape index (κ3) is 3.73. The highest BCUT2D eigenvalue weighted by molar-refractivity contribution is 5.97. The number of rotatable bonds is 6. The zero-order chi connectivity index (χ0) is 22.4. The van der Waals surface area contributed by atoms with Crippen LogP contribution in [0.3, 0.4) is 0 Å². The van der Waals surface area contributed by atoms with Gasteiger partial charge in [-0.1, -0.05) is 30.3 Å². The Morgan fingerprint density at radius 1 is 1.26 bits per heavy atom. The van der Waals surface area contributed by atoms with E-state index in [2.05, 4.69) is 10.6 Å². The first-order valence-corrected chi connectivity index (χ1v) is 11.2.